The quantitative estimate of drug-likeness (QED) is 0.717. The molecule has 0 amide bonds. The Kier molecular flexibility index (Phi) is 3.91. The van der Waals surface area contributed by atoms with E-state index >= 15 is 0 Å². The van der Waals surface area contributed by atoms with Crippen molar-refractivity contribution >= 4 is 22.8 Å². The van der Waals surface area contributed by atoms with Crippen molar-refractivity contribution in [2.75, 3.05) is 19.7 Å². The van der Waals surface area contributed by atoms with E-state index < -0.39 is 23.8 Å². The normalized spacial score (nSPS) is 19.6. The Morgan fingerprint density at radius 2 is 2.04 bits per heavy atom. The lowest BCUT2D eigenvalue weighted by Crippen LogP contribution is -2.29. The molecule has 1 unspecified atom stereocenters. The summed E-state index contributed by atoms with van der Waals surface area (Å²) in [6.07, 6.45) is 2.05. The van der Waals surface area contributed by atoms with Crippen LogP contribution in [0.4, 0.5) is 4.39 Å². The van der Waals surface area contributed by atoms with Crippen LogP contribution in [0.25, 0.3) is 10.9 Å². The van der Waals surface area contributed by atoms with Gasteiger partial charge in [-0.05, 0) is 30.7 Å². The van der Waals surface area contributed by atoms with Crippen molar-refractivity contribution < 1.29 is 28.9 Å². The second-order valence-electron chi connectivity index (χ2n) is 6.39. The van der Waals surface area contributed by atoms with Gasteiger partial charge in [-0.1, -0.05) is 0 Å². The number of hydrogen-bond acceptors (Lipinski definition) is 4. The summed E-state index contributed by atoms with van der Waals surface area (Å²) < 4.78 is 21.6. The Morgan fingerprint density at radius 1 is 1.27 bits per heavy atom. The van der Waals surface area contributed by atoms with E-state index in [1.807, 2.05) is 0 Å². The Morgan fingerprint density at radius 3 is 2.77 bits per heavy atom. The SMILES string of the molecule is O=C(O)/C=C(\C(=O)O)C1COc2c(F)ccc3c4c(n1c23)CCNCC4. The predicted molar refractivity (Wildman–Crippen MR) is 90.1 cm³/mol. The summed E-state index contributed by atoms with van der Waals surface area (Å²) in [6, 6.07) is 2.20. The lowest BCUT2D eigenvalue weighted by atomic mass is 10.0. The maximum Gasteiger partial charge on any atom is 0.334 e. The fourth-order valence-corrected chi connectivity index (χ4v) is 3.94. The van der Waals surface area contributed by atoms with Gasteiger partial charge in [0.15, 0.2) is 11.6 Å². The molecule has 7 nitrogen and oxygen atoms in total. The largest absolute Gasteiger partial charge is 0.486 e. The zero-order valence-corrected chi connectivity index (χ0v) is 13.8. The van der Waals surface area contributed by atoms with Crippen LogP contribution >= 0.6 is 0 Å². The van der Waals surface area contributed by atoms with E-state index in [0.29, 0.717) is 24.6 Å². The number of ether oxygens (including phenoxy) is 1. The molecule has 2 aliphatic heterocycles. The molecule has 8 heteroatoms. The summed E-state index contributed by atoms with van der Waals surface area (Å²) in [5.41, 5.74) is 2.15. The van der Waals surface area contributed by atoms with Gasteiger partial charge in [0.25, 0.3) is 0 Å². The van der Waals surface area contributed by atoms with E-state index in [2.05, 4.69) is 5.32 Å². The molecule has 0 saturated heterocycles. The molecule has 3 heterocycles. The van der Waals surface area contributed by atoms with Gasteiger partial charge < -0.3 is 24.8 Å². The summed E-state index contributed by atoms with van der Waals surface area (Å²) >= 11 is 0. The topological polar surface area (TPSA) is 101 Å². The van der Waals surface area contributed by atoms with Gasteiger partial charge >= 0.3 is 11.9 Å². The molecular weight excluding hydrogens is 343 g/mol. The van der Waals surface area contributed by atoms with Gasteiger partial charge in [-0.25, -0.2) is 14.0 Å². The van der Waals surface area contributed by atoms with Crippen LogP contribution in [0.5, 0.6) is 5.75 Å². The number of carboxylic acids is 2. The number of fused-ring (bicyclic) bond motifs is 3. The number of halogens is 1. The summed E-state index contributed by atoms with van der Waals surface area (Å²) in [5.74, 6) is -3.09. The monoisotopic (exact) mass is 360 g/mol. The zero-order valence-electron chi connectivity index (χ0n) is 13.8. The molecule has 0 aliphatic carbocycles. The van der Waals surface area contributed by atoms with Gasteiger partial charge in [-0.2, -0.15) is 0 Å². The van der Waals surface area contributed by atoms with Crippen molar-refractivity contribution in [2.45, 2.75) is 18.9 Å². The molecule has 0 radical (unpaired) electrons. The number of aromatic nitrogens is 1. The molecule has 1 aromatic heterocycles. The second-order valence-corrected chi connectivity index (χ2v) is 6.39. The van der Waals surface area contributed by atoms with Gasteiger partial charge in [0.1, 0.15) is 12.6 Å². The highest BCUT2D eigenvalue weighted by Crippen LogP contribution is 2.42. The van der Waals surface area contributed by atoms with E-state index in [1.54, 1.807) is 10.6 Å². The van der Waals surface area contributed by atoms with Crippen LogP contribution in [0.1, 0.15) is 17.3 Å². The number of hydrogen-bond donors (Lipinski definition) is 3. The highest BCUT2D eigenvalue weighted by molar-refractivity contribution is 5.97. The molecule has 1 atom stereocenters. The Hall–Kier alpha value is -2.87. The number of rotatable bonds is 3. The van der Waals surface area contributed by atoms with Crippen molar-refractivity contribution in [3.05, 3.63) is 40.9 Å². The van der Waals surface area contributed by atoms with Gasteiger partial charge in [0.05, 0.1) is 11.1 Å². The van der Waals surface area contributed by atoms with Crippen LogP contribution in [0.15, 0.2) is 23.8 Å². The fourth-order valence-electron chi connectivity index (χ4n) is 3.94. The van der Waals surface area contributed by atoms with Crippen LogP contribution < -0.4 is 10.1 Å². The highest BCUT2D eigenvalue weighted by atomic mass is 19.1. The minimum atomic E-state index is -1.34. The van der Waals surface area contributed by atoms with Crippen LogP contribution in [-0.4, -0.2) is 46.4 Å². The fraction of sp³-hybridized carbons (Fsp3) is 0.333. The lowest BCUT2D eigenvalue weighted by Gasteiger charge is -2.29. The van der Waals surface area contributed by atoms with Gasteiger partial charge in [-0.15, -0.1) is 0 Å². The third-order valence-corrected chi connectivity index (χ3v) is 4.96. The molecule has 2 aromatic rings. The Labute approximate surface area is 147 Å². The minimum Gasteiger partial charge on any atom is -0.486 e. The van der Waals surface area contributed by atoms with Gasteiger partial charge in [-0.3, -0.25) is 0 Å². The molecular formula is C18H17FN2O5. The number of nitrogens with zero attached hydrogens (tertiary/aromatic N) is 1. The second kappa shape index (κ2) is 6.14. The number of carbonyl (C=O) groups is 2. The number of aliphatic carboxylic acids is 2. The van der Waals surface area contributed by atoms with E-state index in [-0.39, 0.29) is 17.9 Å². The number of nitrogens with one attached hydrogen (secondary N) is 1. The molecule has 136 valence electrons. The summed E-state index contributed by atoms with van der Waals surface area (Å²) in [6.45, 7) is 1.34. The van der Waals surface area contributed by atoms with Gasteiger partial charge in [0.2, 0.25) is 0 Å². The van der Waals surface area contributed by atoms with Crippen LogP contribution in [0.2, 0.25) is 0 Å². The summed E-state index contributed by atoms with van der Waals surface area (Å²) in [4.78, 5) is 22.8. The first-order chi connectivity index (χ1) is 12.5. The van der Waals surface area contributed by atoms with Crippen molar-refractivity contribution in [1.29, 1.82) is 0 Å². The van der Waals surface area contributed by atoms with Crippen molar-refractivity contribution in [1.82, 2.24) is 9.88 Å². The number of benzene rings is 1. The molecule has 0 spiro atoms. The van der Waals surface area contributed by atoms with Crippen LogP contribution in [0, 0.1) is 5.82 Å². The van der Waals surface area contributed by atoms with Crippen molar-refractivity contribution in [3.63, 3.8) is 0 Å². The first-order valence-corrected chi connectivity index (χ1v) is 8.34. The average molecular weight is 360 g/mol. The smallest absolute Gasteiger partial charge is 0.334 e. The van der Waals surface area contributed by atoms with Crippen molar-refractivity contribution in [2.24, 2.45) is 0 Å². The summed E-state index contributed by atoms with van der Waals surface area (Å²) in [5, 5.41) is 22.7. The molecule has 0 bridgehead atoms. The third kappa shape index (κ3) is 2.45. The van der Waals surface area contributed by atoms with E-state index in [9.17, 15) is 19.1 Å². The first kappa shape index (κ1) is 16.6. The third-order valence-electron chi connectivity index (χ3n) is 4.96. The maximum atomic E-state index is 14.3. The van der Waals surface area contributed by atoms with E-state index in [4.69, 9.17) is 9.84 Å². The van der Waals surface area contributed by atoms with Crippen LogP contribution in [-0.2, 0) is 22.4 Å². The van der Waals surface area contributed by atoms with Crippen molar-refractivity contribution in [3.8, 4) is 5.75 Å². The van der Waals surface area contributed by atoms with E-state index in [0.717, 1.165) is 29.6 Å². The molecule has 0 fully saturated rings. The standard InChI is InChI=1S/C18H17FN2O5/c19-12-2-1-10-9-3-5-20-6-4-13(9)21-14(8-26-17(12)16(10)21)11(18(24)25)7-15(22)23/h1-2,7,14,20H,3-6,8H2,(H,22,23)(H,24,25)/b11-7-. The summed E-state index contributed by atoms with van der Waals surface area (Å²) in [7, 11) is 0. The lowest BCUT2D eigenvalue weighted by molar-refractivity contribution is -0.135. The molecule has 4 rings (SSSR count). The molecule has 26 heavy (non-hydrogen) atoms. The zero-order chi connectivity index (χ0) is 18.4. The minimum absolute atomic E-state index is 0.0971. The first-order valence-electron chi connectivity index (χ1n) is 8.34. The predicted octanol–water partition coefficient (Wildman–Crippen LogP) is 1.50. The maximum absolute atomic E-state index is 14.3. The molecule has 1 aromatic carbocycles. The molecule has 2 aliphatic rings. The number of carboxylic acid groups (broad SMARTS) is 2. The Balaban J connectivity index is 2.03. The average Bonchev–Trinajstić information content (AvgIpc) is 2.76. The highest BCUT2D eigenvalue weighted by Gasteiger charge is 2.35. The van der Waals surface area contributed by atoms with E-state index in [1.165, 1.54) is 6.07 Å². The Bertz CT molecular complexity index is 962. The molecule has 0 saturated carbocycles. The molecule has 3 N–H and O–H groups in total. The van der Waals surface area contributed by atoms with Gasteiger partial charge in [0, 0.05) is 30.1 Å². The van der Waals surface area contributed by atoms with Crippen LogP contribution in [0.3, 0.4) is 0 Å².